The van der Waals surface area contributed by atoms with Crippen LogP contribution in [-0.2, 0) is 0 Å². The van der Waals surface area contributed by atoms with Crippen LogP contribution in [0.1, 0.15) is 115 Å². The van der Waals surface area contributed by atoms with Crippen LogP contribution in [0.5, 0.6) is 5.75 Å². The molecule has 5 aliphatic rings. The maximum Gasteiger partial charge on any atom is 0.339 e. The summed E-state index contributed by atoms with van der Waals surface area (Å²) in [6, 6.07) is 5.09. The summed E-state index contributed by atoms with van der Waals surface area (Å²) in [5.41, 5.74) is 4.19. The molecule has 0 bridgehead atoms. The molecule has 41 heavy (non-hydrogen) atoms. The minimum atomic E-state index is -1.10. The number of fused-ring (bicyclic) bond motifs is 7. The van der Waals surface area contributed by atoms with Crippen LogP contribution in [0, 0.1) is 56.7 Å². The van der Waals surface area contributed by atoms with Crippen molar-refractivity contribution in [1.82, 2.24) is 0 Å². The van der Waals surface area contributed by atoms with E-state index in [1.807, 2.05) is 6.07 Å². The van der Waals surface area contributed by atoms with Crippen molar-refractivity contribution in [2.24, 2.45) is 56.7 Å². The summed E-state index contributed by atoms with van der Waals surface area (Å²) in [6.07, 6.45) is 13.1. The number of hydrogen-bond donors (Lipinski definition) is 3. The van der Waals surface area contributed by atoms with E-state index < -0.39 is 5.97 Å². The maximum atomic E-state index is 11.5. The molecular weight excluding hydrogens is 508 g/mol. The van der Waals surface area contributed by atoms with Gasteiger partial charge in [0.15, 0.2) is 0 Å². The summed E-state index contributed by atoms with van der Waals surface area (Å²) in [5, 5.41) is 30.7. The Morgan fingerprint density at radius 1 is 0.951 bits per heavy atom. The van der Waals surface area contributed by atoms with Crippen LogP contribution in [0.2, 0.25) is 0 Å². The van der Waals surface area contributed by atoms with E-state index in [9.17, 15) is 20.1 Å². The van der Waals surface area contributed by atoms with Gasteiger partial charge in [0.25, 0.3) is 0 Å². The first kappa shape index (κ1) is 29.0. The molecule has 1 unspecified atom stereocenters. The average molecular weight is 561 g/mol. The van der Waals surface area contributed by atoms with Gasteiger partial charge in [-0.2, -0.15) is 0 Å². The zero-order chi connectivity index (χ0) is 29.8. The fourth-order valence-corrected chi connectivity index (χ4v) is 12.5. The van der Waals surface area contributed by atoms with Gasteiger partial charge >= 0.3 is 5.97 Å². The van der Waals surface area contributed by atoms with Crippen LogP contribution >= 0.6 is 0 Å². The van der Waals surface area contributed by atoms with Gasteiger partial charge in [-0.3, -0.25) is 0 Å². The molecule has 0 amide bonds. The Morgan fingerprint density at radius 3 is 2.32 bits per heavy atom. The van der Waals surface area contributed by atoms with E-state index in [2.05, 4.69) is 54.2 Å². The average Bonchev–Trinajstić information content (AvgIpc) is 3.29. The molecule has 0 radical (unpaired) electrons. The lowest BCUT2D eigenvalue weighted by molar-refractivity contribution is -0.228. The van der Waals surface area contributed by atoms with Crippen molar-refractivity contribution in [1.29, 1.82) is 0 Å². The monoisotopic (exact) mass is 560 g/mol. The van der Waals surface area contributed by atoms with Gasteiger partial charge in [-0.15, -0.1) is 0 Å². The third-order valence-electron chi connectivity index (χ3n) is 14.7. The van der Waals surface area contributed by atoms with E-state index in [0.29, 0.717) is 36.2 Å². The number of benzene rings is 1. The number of phenols is 1. The molecule has 0 spiro atoms. The lowest BCUT2D eigenvalue weighted by Crippen LogP contribution is -2.65. The molecule has 0 aromatic heterocycles. The van der Waals surface area contributed by atoms with Crippen molar-refractivity contribution in [3.63, 3.8) is 0 Å². The normalized spacial score (nSPS) is 44.6. The quantitative estimate of drug-likeness (QED) is 0.322. The number of aliphatic hydroxyl groups is 1. The smallest absolute Gasteiger partial charge is 0.339 e. The van der Waals surface area contributed by atoms with Crippen molar-refractivity contribution >= 4 is 11.5 Å². The SMILES string of the molecule is C=C(C)[C@@H]1CC[C@]2(CO)CC[C@]3(C)[C@H](CC[C@@H]4[C@@]5(C)CC=C(c6ccc(C(=O)O)c(O)c6)C(C)(C)[C@@H]5CC[C@]43C)C12. The van der Waals surface area contributed by atoms with Crippen molar-refractivity contribution < 1.29 is 20.1 Å². The molecule has 4 saturated carbocycles. The standard InChI is InChI=1S/C37H52O4/c1-22(2)24-12-17-37(21-38)19-18-35(6)27(31(24)37)10-11-30-34(5)15-13-26(23-8-9-25(32(40)41)28(39)20-23)33(3,4)29(34)14-16-36(30,35)7/h8-9,13,20,24,27,29-31,38-39H,1,10-12,14-19,21H2,2-7H3,(H,40,41)/t24-,27+,29-,30+,31?,34-,35+,36+,37+/m0/s1. The zero-order valence-electron chi connectivity index (χ0n) is 26.2. The van der Waals surface area contributed by atoms with Gasteiger partial charge in [-0.25, -0.2) is 4.79 Å². The summed E-state index contributed by atoms with van der Waals surface area (Å²) < 4.78 is 0. The lowest BCUT2D eigenvalue weighted by Gasteiger charge is -2.72. The number of carboxylic acid groups (broad SMARTS) is 1. The highest BCUT2D eigenvalue weighted by Crippen LogP contribution is 2.77. The summed E-state index contributed by atoms with van der Waals surface area (Å²) in [5.74, 6) is 1.65. The fourth-order valence-electron chi connectivity index (χ4n) is 12.5. The first-order valence-corrected chi connectivity index (χ1v) is 16.2. The molecule has 0 saturated heterocycles. The molecule has 224 valence electrons. The first-order chi connectivity index (χ1) is 19.2. The minimum Gasteiger partial charge on any atom is -0.507 e. The highest BCUT2D eigenvalue weighted by molar-refractivity contribution is 5.91. The maximum absolute atomic E-state index is 11.5. The Balaban J connectivity index is 1.37. The zero-order valence-corrected chi connectivity index (χ0v) is 26.2. The molecule has 4 heteroatoms. The number of allylic oxidation sites excluding steroid dienone is 3. The Hall–Kier alpha value is -2.07. The number of aliphatic hydroxyl groups excluding tert-OH is 1. The van der Waals surface area contributed by atoms with E-state index in [1.165, 1.54) is 49.7 Å². The molecule has 3 N–H and O–H groups in total. The van der Waals surface area contributed by atoms with Gasteiger partial charge < -0.3 is 15.3 Å². The van der Waals surface area contributed by atoms with Crippen molar-refractivity contribution in [3.05, 3.63) is 47.6 Å². The number of aromatic hydroxyl groups is 1. The third kappa shape index (κ3) is 3.71. The van der Waals surface area contributed by atoms with Gasteiger partial charge in [0, 0.05) is 6.61 Å². The number of aromatic carboxylic acids is 1. The van der Waals surface area contributed by atoms with Gasteiger partial charge in [-0.05, 0) is 145 Å². The van der Waals surface area contributed by atoms with Gasteiger partial charge in [-0.1, -0.05) is 58.9 Å². The minimum absolute atomic E-state index is 0.0416. The van der Waals surface area contributed by atoms with E-state index in [1.54, 1.807) is 12.1 Å². The third-order valence-corrected chi connectivity index (χ3v) is 14.7. The Labute approximate surface area is 247 Å². The van der Waals surface area contributed by atoms with Crippen LogP contribution in [0.4, 0.5) is 0 Å². The predicted octanol–water partition coefficient (Wildman–Crippen LogP) is 8.73. The first-order valence-electron chi connectivity index (χ1n) is 16.2. The fraction of sp³-hybridized carbons (Fsp3) is 0.703. The van der Waals surface area contributed by atoms with E-state index >= 15 is 0 Å². The van der Waals surface area contributed by atoms with E-state index in [4.69, 9.17) is 0 Å². The molecule has 4 fully saturated rings. The molecule has 1 aromatic rings. The number of carboxylic acids is 1. The molecule has 1 aromatic carbocycles. The summed E-state index contributed by atoms with van der Waals surface area (Å²) in [4.78, 5) is 11.5. The molecule has 4 nitrogen and oxygen atoms in total. The summed E-state index contributed by atoms with van der Waals surface area (Å²) in [7, 11) is 0. The lowest BCUT2D eigenvalue weighted by atomic mass is 9.32. The highest BCUT2D eigenvalue weighted by atomic mass is 16.4. The van der Waals surface area contributed by atoms with Crippen LogP contribution in [-0.4, -0.2) is 27.9 Å². The van der Waals surface area contributed by atoms with Crippen LogP contribution in [0.25, 0.3) is 5.57 Å². The second-order valence-electron chi connectivity index (χ2n) is 16.3. The molecule has 0 heterocycles. The predicted molar refractivity (Wildman–Crippen MR) is 164 cm³/mol. The van der Waals surface area contributed by atoms with Gasteiger partial charge in [0.1, 0.15) is 11.3 Å². The summed E-state index contributed by atoms with van der Waals surface area (Å²) >= 11 is 0. The number of rotatable bonds is 4. The van der Waals surface area contributed by atoms with E-state index in [0.717, 1.165) is 24.8 Å². The molecule has 0 aliphatic heterocycles. The number of carbonyl (C=O) groups is 1. The van der Waals surface area contributed by atoms with Crippen LogP contribution in [0.3, 0.4) is 0 Å². The second kappa shape index (κ2) is 9.21. The van der Waals surface area contributed by atoms with Crippen LogP contribution < -0.4 is 0 Å². The Morgan fingerprint density at radius 2 is 1.68 bits per heavy atom. The van der Waals surface area contributed by atoms with Gasteiger partial charge in [0.2, 0.25) is 0 Å². The van der Waals surface area contributed by atoms with Gasteiger partial charge in [0.05, 0.1) is 0 Å². The van der Waals surface area contributed by atoms with Crippen molar-refractivity contribution in [2.75, 3.05) is 6.61 Å². The molecule has 6 rings (SSSR count). The van der Waals surface area contributed by atoms with Crippen molar-refractivity contribution in [2.45, 2.75) is 99.3 Å². The molecule has 9 atom stereocenters. The topological polar surface area (TPSA) is 77.8 Å². The second-order valence-corrected chi connectivity index (χ2v) is 16.3. The van der Waals surface area contributed by atoms with Crippen LogP contribution in [0.15, 0.2) is 36.4 Å². The van der Waals surface area contributed by atoms with E-state index in [-0.39, 0.29) is 38.4 Å². The Kier molecular flexibility index (Phi) is 6.52. The molecule has 5 aliphatic carbocycles. The summed E-state index contributed by atoms with van der Waals surface area (Å²) in [6.45, 7) is 19.6. The van der Waals surface area contributed by atoms with Crippen molar-refractivity contribution in [3.8, 4) is 5.75 Å². The largest absolute Gasteiger partial charge is 0.507 e. The Bertz CT molecular complexity index is 1310. The molecular formula is C37H52O4. The highest BCUT2D eigenvalue weighted by Gasteiger charge is 2.70. The number of hydrogen-bond acceptors (Lipinski definition) is 3.